The summed E-state index contributed by atoms with van der Waals surface area (Å²) in [5, 5.41) is 0. The Hall–Kier alpha value is -1.17. The minimum absolute atomic E-state index is 0.00612. The second kappa shape index (κ2) is 7.02. The van der Waals surface area contributed by atoms with Gasteiger partial charge < -0.3 is 9.31 Å². The van der Waals surface area contributed by atoms with Crippen molar-refractivity contribution in [3.8, 4) is 0 Å². The quantitative estimate of drug-likeness (QED) is 0.553. The third-order valence-corrected chi connectivity index (χ3v) is 6.56. The van der Waals surface area contributed by atoms with Gasteiger partial charge in [0, 0.05) is 18.6 Å². The van der Waals surface area contributed by atoms with E-state index in [1.807, 2.05) is 0 Å². The summed E-state index contributed by atoms with van der Waals surface area (Å²) in [6.07, 6.45) is 0. The number of hydrogen-bond acceptors (Lipinski definition) is 4. The van der Waals surface area contributed by atoms with Crippen molar-refractivity contribution < 1.29 is 35.3 Å². The van der Waals surface area contributed by atoms with Gasteiger partial charge in [-0.25, -0.2) is 12.8 Å². The number of hydrogen-bond donors (Lipinski definition) is 0. The lowest BCUT2D eigenvalue weighted by molar-refractivity contribution is -0.0490. The smallest absolute Gasteiger partial charge is 0.399 e. The van der Waals surface area contributed by atoms with E-state index < -0.39 is 46.2 Å². The van der Waals surface area contributed by atoms with Gasteiger partial charge in [0.1, 0.15) is 5.82 Å². The summed E-state index contributed by atoms with van der Waals surface area (Å²) in [4.78, 5) is 0. The molecule has 0 bridgehead atoms. The molecule has 11 heteroatoms. The molecule has 1 saturated heterocycles. The first-order valence-electron chi connectivity index (χ1n) is 8.33. The molecule has 1 aliphatic heterocycles. The maximum atomic E-state index is 14.3. The van der Waals surface area contributed by atoms with E-state index in [2.05, 4.69) is 0 Å². The van der Waals surface area contributed by atoms with E-state index in [1.54, 1.807) is 27.7 Å². The molecule has 0 aromatic heterocycles. The summed E-state index contributed by atoms with van der Waals surface area (Å²) in [7, 11) is -6.54. The van der Waals surface area contributed by atoms with Gasteiger partial charge >= 0.3 is 22.7 Å². The standard InChI is InChI=1S/C16H22BF4NO4S/c1-6-22(27(23,24)16(19,20)21)10-11-7-8-13(18)12(9-11)17-25-14(2,3)15(4,5)26-17/h7-9H,6,10H2,1-5H3. The molecule has 1 heterocycles. The molecule has 0 unspecified atom stereocenters. The molecule has 1 fully saturated rings. The number of sulfonamides is 1. The molecular weight excluding hydrogens is 389 g/mol. The van der Waals surface area contributed by atoms with E-state index in [-0.39, 0.29) is 21.9 Å². The molecule has 152 valence electrons. The number of alkyl halides is 3. The van der Waals surface area contributed by atoms with Gasteiger partial charge in [0.15, 0.2) is 0 Å². The van der Waals surface area contributed by atoms with Crippen LogP contribution in [0.4, 0.5) is 17.6 Å². The maximum absolute atomic E-state index is 14.3. The molecular formula is C16H22BF4NO4S. The largest absolute Gasteiger partial charge is 0.511 e. The molecule has 1 aromatic carbocycles. The highest BCUT2D eigenvalue weighted by molar-refractivity contribution is 7.89. The number of nitrogens with zero attached hydrogens (tertiary/aromatic N) is 1. The number of halogens is 4. The summed E-state index contributed by atoms with van der Waals surface area (Å²) in [6, 6.07) is 3.56. The average Bonchev–Trinajstić information content (AvgIpc) is 2.73. The van der Waals surface area contributed by atoms with Crippen LogP contribution in [0.3, 0.4) is 0 Å². The van der Waals surface area contributed by atoms with Crippen LogP contribution in [0.15, 0.2) is 18.2 Å². The summed E-state index contributed by atoms with van der Waals surface area (Å²) in [6.45, 7) is 7.48. The molecule has 2 rings (SSSR count). The van der Waals surface area contributed by atoms with Gasteiger partial charge in [-0.3, -0.25) is 0 Å². The third kappa shape index (κ3) is 4.15. The highest BCUT2D eigenvalue weighted by Crippen LogP contribution is 2.36. The molecule has 0 spiro atoms. The fraction of sp³-hybridized carbons (Fsp3) is 0.625. The molecule has 0 amide bonds. The fourth-order valence-electron chi connectivity index (χ4n) is 2.56. The van der Waals surface area contributed by atoms with Crippen LogP contribution in [0.2, 0.25) is 0 Å². The second-order valence-corrected chi connectivity index (χ2v) is 9.25. The van der Waals surface area contributed by atoms with Gasteiger partial charge in [-0.15, -0.1) is 0 Å². The van der Waals surface area contributed by atoms with E-state index in [0.717, 1.165) is 6.07 Å². The Labute approximate surface area is 156 Å². The van der Waals surface area contributed by atoms with Crippen LogP contribution in [-0.4, -0.2) is 43.1 Å². The van der Waals surface area contributed by atoms with Gasteiger partial charge in [0.25, 0.3) is 0 Å². The highest BCUT2D eigenvalue weighted by Gasteiger charge is 2.53. The van der Waals surface area contributed by atoms with Crippen molar-refractivity contribution in [3.05, 3.63) is 29.6 Å². The predicted octanol–water partition coefficient (Wildman–Crippen LogP) is 2.80. The first-order chi connectivity index (χ1) is 12.1. The molecule has 0 atom stereocenters. The zero-order chi connectivity index (χ0) is 20.8. The van der Waals surface area contributed by atoms with E-state index >= 15 is 0 Å². The van der Waals surface area contributed by atoms with Crippen molar-refractivity contribution >= 4 is 22.6 Å². The van der Waals surface area contributed by atoms with Crippen molar-refractivity contribution in [1.29, 1.82) is 0 Å². The van der Waals surface area contributed by atoms with Crippen LogP contribution < -0.4 is 5.46 Å². The molecule has 5 nitrogen and oxygen atoms in total. The Morgan fingerprint density at radius 2 is 1.63 bits per heavy atom. The van der Waals surface area contributed by atoms with Gasteiger partial charge in [-0.1, -0.05) is 19.1 Å². The van der Waals surface area contributed by atoms with E-state index in [4.69, 9.17) is 9.31 Å². The molecule has 1 aliphatic rings. The van der Waals surface area contributed by atoms with Gasteiger partial charge in [-0.2, -0.15) is 17.5 Å². The summed E-state index contributed by atoms with van der Waals surface area (Å²) < 4.78 is 87.8. The second-order valence-electron chi connectivity index (χ2n) is 7.32. The number of rotatable bonds is 5. The van der Waals surface area contributed by atoms with E-state index in [9.17, 15) is 26.0 Å². The van der Waals surface area contributed by atoms with Crippen molar-refractivity contribution in [2.75, 3.05) is 6.54 Å². The lowest BCUT2D eigenvalue weighted by atomic mass is 9.78. The van der Waals surface area contributed by atoms with Crippen LogP contribution in [0.25, 0.3) is 0 Å². The Balaban J connectivity index is 2.33. The SMILES string of the molecule is CCN(Cc1ccc(F)c(B2OC(C)(C)C(C)(C)O2)c1)S(=O)(=O)C(F)(F)F. The van der Waals surface area contributed by atoms with Crippen molar-refractivity contribution in [1.82, 2.24) is 4.31 Å². The van der Waals surface area contributed by atoms with Crippen LogP contribution in [0, 0.1) is 5.82 Å². The maximum Gasteiger partial charge on any atom is 0.511 e. The van der Waals surface area contributed by atoms with Crippen LogP contribution in [0.5, 0.6) is 0 Å². The highest BCUT2D eigenvalue weighted by atomic mass is 32.2. The summed E-state index contributed by atoms with van der Waals surface area (Å²) in [5.74, 6) is -0.654. The van der Waals surface area contributed by atoms with Gasteiger partial charge in [-0.05, 0) is 39.3 Å². The zero-order valence-electron chi connectivity index (χ0n) is 15.7. The van der Waals surface area contributed by atoms with E-state index in [0.29, 0.717) is 0 Å². The van der Waals surface area contributed by atoms with Crippen LogP contribution in [0.1, 0.15) is 40.2 Å². The Morgan fingerprint density at radius 3 is 2.07 bits per heavy atom. The molecule has 1 aromatic rings. The molecule has 0 aliphatic carbocycles. The van der Waals surface area contributed by atoms with Crippen molar-refractivity contribution in [2.45, 2.75) is 57.9 Å². The van der Waals surface area contributed by atoms with E-state index in [1.165, 1.54) is 19.1 Å². The fourth-order valence-corrected chi connectivity index (χ4v) is 3.51. The normalized spacial score (nSPS) is 19.7. The minimum atomic E-state index is -5.49. The summed E-state index contributed by atoms with van der Waals surface area (Å²) in [5.41, 5.74) is -6.66. The molecule has 0 saturated carbocycles. The minimum Gasteiger partial charge on any atom is -0.399 e. The monoisotopic (exact) mass is 411 g/mol. The molecule has 0 N–H and O–H groups in total. The zero-order valence-corrected chi connectivity index (χ0v) is 16.5. The van der Waals surface area contributed by atoms with Crippen molar-refractivity contribution in [3.63, 3.8) is 0 Å². The summed E-state index contributed by atoms with van der Waals surface area (Å²) >= 11 is 0. The lowest BCUT2D eigenvalue weighted by Gasteiger charge is -2.32. The average molecular weight is 411 g/mol. The molecule has 0 radical (unpaired) electrons. The van der Waals surface area contributed by atoms with Gasteiger partial charge in [0.05, 0.1) is 11.2 Å². The topological polar surface area (TPSA) is 55.8 Å². The Morgan fingerprint density at radius 1 is 1.11 bits per heavy atom. The van der Waals surface area contributed by atoms with Gasteiger partial charge in [0.2, 0.25) is 0 Å². The number of benzene rings is 1. The van der Waals surface area contributed by atoms with Crippen LogP contribution >= 0.6 is 0 Å². The molecule has 27 heavy (non-hydrogen) atoms. The Kier molecular flexibility index (Phi) is 5.75. The first-order valence-corrected chi connectivity index (χ1v) is 9.77. The Bertz CT molecular complexity index is 795. The lowest BCUT2D eigenvalue weighted by Crippen LogP contribution is -2.41. The first kappa shape index (κ1) is 22.1. The van der Waals surface area contributed by atoms with Crippen molar-refractivity contribution in [2.24, 2.45) is 0 Å². The predicted molar refractivity (Wildman–Crippen MR) is 93.2 cm³/mol. The van der Waals surface area contributed by atoms with Crippen LogP contribution in [-0.2, 0) is 25.9 Å². The third-order valence-electron chi connectivity index (χ3n) is 4.91.